The first-order chi connectivity index (χ1) is 9.83. The predicted molar refractivity (Wildman–Crippen MR) is 79.6 cm³/mol. The number of hydrogen-bond acceptors (Lipinski definition) is 2. The van der Waals surface area contributed by atoms with Crippen molar-refractivity contribution in [2.24, 2.45) is 0 Å². The Balaban J connectivity index is 1.96. The van der Waals surface area contributed by atoms with E-state index >= 15 is 0 Å². The number of nitrogens with one attached hydrogen (secondary N) is 1. The van der Waals surface area contributed by atoms with Gasteiger partial charge in [-0.05, 0) is 51.8 Å². The van der Waals surface area contributed by atoms with Crippen molar-refractivity contribution in [1.82, 2.24) is 0 Å². The maximum absolute atomic E-state index is 12.0. The normalized spacial score (nSPS) is 11.3. The van der Waals surface area contributed by atoms with Gasteiger partial charge in [0, 0.05) is 16.7 Å². The van der Waals surface area contributed by atoms with Crippen LogP contribution in [0.1, 0.15) is 5.56 Å². The van der Waals surface area contributed by atoms with E-state index in [4.69, 9.17) is 11.6 Å². The van der Waals surface area contributed by atoms with E-state index in [1.165, 1.54) is 12.1 Å². The predicted octanol–water partition coefficient (Wildman–Crippen LogP) is 5.61. The Morgan fingerprint density at radius 1 is 1.10 bits per heavy atom. The zero-order chi connectivity index (χ0) is 15.5. The molecule has 2 nitrogen and oxygen atoms in total. The van der Waals surface area contributed by atoms with E-state index in [-0.39, 0.29) is 5.75 Å². The molecule has 0 atom stereocenters. The molecule has 0 spiro atoms. The molecule has 0 aliphatic rings. The first-order valence-electron chi connectivity index (χ1n) is 5.87. The van der Waals surface area contributed by atoms with Crippen LogP contribution in [0.15, 0.2) is 46.9 Å². The van der Waals surface area contributed by atoms with Gasteiger partial charge in [-0.3, -0.25) is 0 Å². The highest BCUT2D eigenvalue weighted by atomic mass is 79.9. The molecule has 0 bridgehead atoms. The standard InChI is InChI=1S/C14H10BrClF3NO/c15-12-6-3-10(7-13(12)16)20-8-9-1-4-11(5-2-9)21-14(17,18)19/h1-7,20H,8H2. The monoisotopic (exact) mass is 379 g/mol. The lowest BCUT2D eigenvalue weighted by atomic mass is 10.2. The van der Waals surface area contributed by atoms with Crippen LogP contribution in [-0.2, 0) is 6.54 Å². The van der Waals surface area contributed by atoms with E-state index < -0.39 is 6.36 Å². The second-order valence-corrected chi connectivity index (χ2v) is 5.44. The second-order valence-electron chi connectivity index (χ2n) is 4.17. The lowest BCUT2D eigenvalue weighted by molar-refractivity contribution is -0.274. The van der Waals surface area contributed by atoms with E-state index in [0.717, 1.165) is 15.7 Å². The number of benzene rings is 2. The van der Waals surface area contributed by atoms with E-state index in [2.05, 4.69) is 26.0 Å². The first-order valence-corrected chi connectivity index (χ1v) is 7.04. The summed E-state index contributed by atoms with van der Waals surface area (Å²) >= 11 is 9.26. The zero-order valence-corrected chi connectivity index (χ0v) is 12.9. The number of rotatable bonds is 4. The third-order valence-corrected chi connectivity index (χ3v) is 3.81. The van der Waals surface area contributed by atoms with Crippen LogP contribution < -0.4 is 10.1 Å². The highest BCUT2D eigenvalue weighted by molar-refractivity contribution is 9.10. The average Bonchev–Trinajstić information content (AvgIpc) is 2.40. The van der Waals surface area contributed by atoms with Crippen LogP contribution in [0.25, 0.3) is 0 Å². The molecule has 1 N–H and O–H groups in total. The first kappa shape index (κ1) is 16.0. The Kier molecular flexibility index (Phi) is 5.00. The molecule has 0 aromatic heterocycles. The summed E-state index contributed by atoms with van der Waals surface area (Å²) in [5, 5.41) is 3.71. The summed E-state index contributed by atoms with van der Waals surface area (Å²) in [7, 11) is 0. The Morgan fingerprint density at radius 3 is 2.33 bits per heavy atom. The molecule has 0 fully saturated rings. The quantitative estimate of drug-likeness (QED) is 0.744. The van der Waals surface area contributed by atoms with Crippen molar-refractivity contribution >= 4 is 33.2 Å². The van der Waals surface area contributed by atoms with Crippen molar-refractivity contribution in [3.05, 3.63) is 57.5 Å². The SMILES string of the molecule is FC(F)(F)Oc1ccc(CNc2ccc(Br)c(Cl)c2)cc1. The van der Waals surface area contributed by atoms with Crippen LogP contribution in [0.4, 0.5) is 18.9 Å². The van der Waals surface area contributed by atoms with Crippen molar-refractivity contribution < 1.29 is 17.9 Å². The number of alkyl halides is 3. The molecule has 21 heavy (non-hydrogen) atoms. The largest absolute Gasteiger partial charge is 0.573 e. The highest BCUT2D eigenvalue weighted by Gasteiger charge is 2.30. The van der Waals surface area contributed by atoms with Gasteiger partial charge in [0.2, 0.25) is 0 Å². The molecule has 0 aliphatic carbocycles. The average molecular weight is 381 g/mol. The molecule has 2 rings (SSSR count). The van der Waals surface area contributed by atoms with Crippen LogP contribution in [0.2, 0.25) is 5.02 Å². The van der Waals surface area contributed by atoms with E-state index in [9.17, 15) is 13.2 Å². The maximum Gasteiger partial charge on any atom is 0.573 e. The summed E-state index contributed by atoms with van der Waals surface area (Å²) in [5.41, 5.74) is 1.64. The molecular weight excluding hydrogens is 371 g/mol. The zero-order valence-electron chi connectivity index (χ0n) is 10.5. The van der Waals surface area contributed by atoms with Crippen LogP contribution in [0.5, 0.6) is 5.75 Å². The van der Waals surface area contributed by atoms with Gasteiger partial charge in [0.1, 0.15) is 5.75 Å². The fourth-order valence-corrected chi connectivity index (χ4v) is 2.05. The molecule has 7 heteroatoms. The van der Waals surface area contributed by atoms with Gasteiger partial charge in [0.05, 0.1) is 5.02 Å². The maximum atomic E-state index is 12.0. The summed E-state index contributed by atoms with van der Waals surface area (Å²) in [6, 6.07) is 11.1. The highest BCUT2D eigenvalue weighted by Crippen LogP contribution is 2.26. The van der Waals surface area contributed by atoms with Crippen LogP contribution in [0, 0.1) is 0 Å². The molecule has 2 aromatic carbocycles. The topological polar surface area (TPSA) is 21.3 Å². The molecule has 2 aromatic rings. The number of halogens is 5. The molecule has 0 unspecified atom stereocenters. The third kappa shape index (κ3) is 5.13. The van der Waals surface area contributed by atoms with Crippen molar-refractivity contribution in [3.8, 4) is 5.75 Å². The molecule has 0 saturated heterocycles. The summed E-state index contributed by atoms with van der Waals surface area (Å²) in [6.45, 7) is 0.463. The Bertz CT molecular complexity index is 617. The van der Waals surface area contributed by atoms with Crippen LogP contribution >= 0.6 is 27.5 Å². The minimum Gasteiger partial charge on any atom is -0.406 e. The van der Waals surface area contributed by atoms with Gasteiger partial charge in [-0.2, -0.15) is 0 Å². The van der Waals surface area contributed by atoms with Gasteiger partial charge in [0.15, 0.2) is 0 Å². The second kappa shape index (κ2) is 6.58. The lowest BCUT2D eigenvalue weighted by Gasteiger charge is -2.10. The minimum absolute atomic E-state index is 0.238. The van der Waals surface area contributed by atoms with Crippen molar-refractivity contribution in [2.75, 3.05) is 5.32 Å². The minimum atomic E-state index is -4.67. The van der Waals surface area contributed by atoms with E-state index in [1.54, 1.807) is 18.2 Å². The van der Waals surface area contributed by atoms with Crippen molar-refractivity contribution in [1.29, 1.82) is 0 Å². The molecule has 0 amide bonds. The number of hydrogen-bond donors (Lipinski definition) is 1. The Morgan fingerprint density at radius 2 is 1.76 bits per heavy atom. The molecule has 112 valence electrons. The van der Waals surface area contributed by atoms with Gasteiger partial charge in [-0.25, -0.2) is 0 Å². The molecule has 0 saturated carbocycles. The summed E-state index contributed by atoms with van der Waals surface area (Å²) in [4.78, 5) is 0. The molecule has 0 radical (unpaired) electrons. The van der Waals surface area contributed by atoms with Gasteiger partial charge < -0.3 is 10.1 Å². The lowest BCUT2D eigenvalue weighted by Crippen LogP contribution is -2.17. The fourth-order valence-electron chi connectivity index (χ4n) is 1.62. The molecule has 0 aliphatic heterocycles. The van der Waals surface area contributed by atoms with Crippen molar-refractivity contribution in [3.63, 3.8) is 0 Å². The van der Waals surface area contributed by atoms with Gasteiger partial charge >= 0.3 is 6.36 Å². The van der Waals surface area contributed by atoms with E-state index in [1.807, 2.05) is 12.1 Å². The molecule has 0 heterocycles. The smallest absolute Gasteiger partial charge is 0.406 e. The van der Waals surface area contributed by atoms with E-state index in [0.29, 0.717) is 11.6 Å². The Labute approximate surface area is 133 Å². The molecular formula is C14H10BrClF3NO. The number of anilines is 1. The number of ether oxygens (including phenoxy) is 1. The summed E-state index contributed by atoms with van der Waals surface area (Å²) in [6.07, 6.45) is -4.67. The van der Waals surface area contributed by atoms with Gasteiger partial charge in [-0.1, -0.05) is 23.7 Å². The fraction of sp³-hybridized carbons (Fsp3) is 0.143. The Hall–Kier alpha value is -1.40. The van der Waals surface area contributed by atoms with Crippen LogP contribution in [0.3, 0.4) is 0 Å². The summed E-state index contributed by atoms with van der Waals surface area (Å²) in [5.74, 6) is -0.238. The third-order valence-electron chi connectivity index (χ3n) is 2.57. The van der Waals surface area contributed by atoms with Crippen molar-refractivity contribution in [2.45, 2.75) is 12.9 Å². The van der Waals surface area contributed by atoms with Gasteiger partial charge in [0.25, 0.3) is 0 Å². The summed E-state index contributed by atoms with van der Waals surface area (Å²) < 4.78 is 40.7. The van der Waals surface area contributed by atoms with Gasteiger partial charge in [-0.15, -0.1) is 13.2 Å². The van der Waals surface area contributed by atoms with Crippen LogP contribution in [-0.4, -0.2) is 6.36 Å².